The number of ether oxygens (including phenoxy) is 2. The van der Waals surface area contributed by atoms with Crippen molar-refractivity contribution in [2.45, 2.75) is 26.4 Å². The third kappa shape index (κ3) is 5.77. The molecular formula is C21H28N2O3. The second-order valence-corrected chi connectivity index (χ2v) is 6.29. The molecule has 1 N–H and O–H groups in total. The number of nitrogens with one attached hydrogen (secondary N) is 1. The second-order valence-electron chi connectivity index (χ2n) is 6.29. The average Bonchev–Trinajstić information content (AvgIpc) is 2.63. The lowest BCUT2D eigenvalue weighted by Crippen LogP contribution is -2.36. The molecule has 0 saturated heterocycles. The van der Waals surface area contributed by atoms with Crippen molar-refractivity contribution in [3.63, 3.8) is 0 Å². The van der Waals surface area contributed by atoms with Crippen molar-refractivity contribution < 1.29 is 14.3 Å². The molecule has 5 nitrogen and oxygen atoms in total. The molecule has 1 amide bonds. The molecule has 140 valence electrons. The lowest BCUT2D eigenvalue weighted by atomic mass is 10.1. The lowest BCUT2D eigenvalue weighted by molar-refractivity contribution is -0.122. The standard InChI is InChI=1S/C21H28N2O3/c1-5-26-19-12-11-17(13-20(19)25-4)14-23(3)15-21(24)22-16(2)18-9-7-6-8-10-18/h6-13,16H,5,14-15H2,1-4H3,(H,22,24). The number of benzene rings is 2. The normalized spacial score (nSPS) is 11.9. The number of methoxy groups -OCH3 is 1. The van der Waals surface area contributed by atoms with Crippen LogP contribution in [0.25, 0.3) is 0 Å². The Morgan fingerprint density at radius 1 is 1.15 bits per heavy atom. The molecule has 1 atom stereocenters. The second kappa shape index (κ2) is 9.82. The summed E-state index contributed by atoms with van der Waals surface area (Å²) in [5.74, 6) is 1.44. The van der Waals surface area contributed by atoms with E-state index >= 15 is 0 Å². The predicted octanol–water partition coefficient (Wildman–Crippen LogP) is 3.40. The summed E-state index contributed by atoms with van der Waals surface area (Å²) in [5.41, 5.74) is 2.16. The van der Waals surface area contributed by atoms with E-state index in [1.807, 2.05) is 74.3 Å². The topological polar surface area (TPSA) is 50.8 Å². The highest BCUT2D eigenvalue weighted by atomic mass is 16.5. The van der Waals surface area contributed by atoms with E-state index in [1.165, 1.54) is 0 Å². The molecular weight excluding hydrogens is 328 g/mol. The molecule has 0 fully saturated rings. The molecule has 0 aromatic heterocycles. The van der Waals surface area contributed by atoms with Crippen LogP contribution in [-0.4, -0.2) is 38.1 Å². The molecule has 2 aromatic rings. The van der Waals surface area contributed by atoms with Crippen LogP contribution in [0.3, 0.4) is 0 Å². The Balaban J connectivity index is 1.89. The van der Waals surface area contributed by atoms with Gasteiger partial charge >= 0.3 is 0 Å². The number of likely N-dealkylation sites (N-methyl/N-ethyl adjacent to an activating group) is 1. The maximum atomic E-state index is 12.3. The van der Waals surface area contributed by atoms with E-state index in [2.05, 4.69) is 5.32 Å². The molecule has 0 aliphatic heterocycles. The summed E-state index contributed by atoms with van der Waals surface area (Å²) in [7, 11) is 3.56. The van der Waals surface area contributed by atoms with Crippen LogP contribution in [0.1, 0.15) is 31.0 Å². The minimum absolute atomic E-state index is 0.00162. The van der Waals surface area contributed by atoms with Gasteiger partial charge in [0.15, 0.2) is 11.5 Å². The summed E-state index contributed by atoms with van der Waals surface area (Å²) in [6, 6.07) is 15.8. The fraction of sp³-hybridized carbons (Fsp3) is 0.381. The Hall–Kier alpha value is -2.53. The van der Waals surface area contributed by atoms with E-state index in [-0.39, 0.29) is 11.9 Å². The van der Waals surface area contributed by atoms with Crippen LogP contribution in [-0.2, 0) is 11.3 Å². The number of amides is 1. The van der Waals surface area contributed by atoms with Gasteiger partial charge in [0.25, 0.3) is 0 Å². The van der Waals surface area contributed by atoms with E-state index in [9.17, 15) is 4.79 Å². The molecule has 2 rings (SSSR count). The van der Waals surface area contributed by atoms with E-state index in [4.69, 9.17) is 9.47 Å². The first-order valence-electron chi connectivity index (χ1n) is 8.86. The van der Waals surface area contributed by atoms with Gasteiger partial charge in [-0.2, -0.15) is 0 Å². The quantitative estimate of drug-likeness (QED) is 0.748. The fourth-order valence-corrected chi connectivity index (χ4v) is 2.81. The molecule has 0 spiro atoms. The minimum Gasteiger partial charge on any atom is -0.493 e. The highest BCUT2D eigenvalue weighted by molar-refractivity contribution is 5.78. The first kappa shape index (κ1) is 19.8. The molecule has 2 aromatic carbocycles. The average molecular weight is 356 g/mol. The summed E-state index contributed by atoms with van der Waals surface area (Å²) in [4.78, 5) is 14.3. The fourth-order valence-electron chi connectivity index (χ4n) is 2.81. The van der Waals surface area contributed by atoms with Gasteiger partial charge in [-0.05, 0) is 44.2 Å². The summed E-state index contributed by atoms with van der Waals surface area (Å²) in [6.07, 6.45) is 0. The number of hydrogen-bond donors (Lipinski definition) is 1. The lowest BCUT2D eigenvalue weighted by Gasteiger charge is -2.20. The van der Waals surface area contributed by atoms with Crippen molar-refractivity contribution in [1.82, 2.24) is 10.2 Å². The third-order valence-corrected chi connectivity index (χ3v) is 4.07. The number of carbonyl (C=O) groups excluding carboxylic acids is 1. The molecule has 5 heteroatoms. The Labute approximate surface area is 155 Å². The Morgan fingerprint density at radius 3 is 2.54 bits per heavy atom. The molecule has 0 bridgehead atoms. The first-order valence-corrected chi connectivity index (χ1v) is 8.86. The largest absolute Gasteiger partial charge is 0.493 e. The van der Waals surface area contributed by atoms with Crippen LogP contribution >= 0.6 is 0 Å². The summed E-state index contributed by atoms with van der Waals surface area (Å²) >= 11 is 0. The summed E-state index contributed by atoms with van der Waals surface area (Å²) in [6.45, 7) is 5.50. The molecule has 26 heavy (non-hydrogen) atoms. The van der Waals surface area contributed by atoms with Crippen LogP contribution in [0.4, 0.5) is 0 Å². The van der Waals surface area contributed by atoms with Crippen LogP contribution in [0, 0.1) is 0 Å². The third-order valence-electron chi connectivity index (χ3n) is 4.07. The van der Waals surface area contributed by atoms with Crippen LogP contribution in [0.15, 0.2) is 48.5 Å². The highest BCUT2D eigenvalue weighted by Crippen LogP contribution is 2.28. The summed E-state index contributed by atoms with van der Waals surface area (Å²) in [5, 5.41) is 3.04. The monoisotopic (exact) mass is 356 g/mol. The van der Waals surface area contributed by atoms with Crippen LogP contribution < -0.4 is 14.8 Å². The molecule has 0 radical (unpaired) electrons. The van der Waals surface area contributed by atoms with Crippen molar-refractivity contribution in [2.75, 3.05) is 27.3 Å². The number of rotatable bonds is 9. The predicted molar refractivity (Wildman–Crippen MR) is 103 cm³/mol. The number of nitrogens with zero attached hydrogens (tertiary/aromatic N) is 1. The van der Waals surface area contributed by atoms with Crippen LogP contribution in [0.2, 0.25) is 0 Å². The number of hydrogen-bond acceptors (Lipinski definition) is 4. The van der Waals surface area contributed by atoms with Gasteiger partial charge in [0, 0.05) is 6.54 Å². The van der Waals surface area contributed by atoms with Crippen molar-refractivity contribution in [3.8, 4) is 11.5 Å². The summed E-state index contributed by atoms with van der Waals surface area (Å²) < 4.78 is 10.9. The zero-order chi connectivity index (χ0) is 18.9. The maximum Gasteiger partial charge on any atom is 0.234 e. The molecule has 0 heterocycles. The SMILES string of the molecule is CCOc1ccc(CN(C)CC(=O)NC(C)c2ccccc2)cc1OC. The first-order chi connectivity index (χ1) is 12.5. The van der Waals surface area contributed by atoms with Gasteiger partial charge in [-0.25, -0.2) is 0 Å². The molecule has 0 aliphatic rings. The van der Waals surface area contributed by atoms with Crippen molar-refractivity contribution in [2.24, 2.45) is 0 Å². The zero-order valence-electron chi connectivity index (χ0n) is 16.0. The molecule has 0 aliphatic carbocycles. The smallest absolute Gasteiger partial charge is 0.234 e. The van der Waals surface area contributed by atoms with Crippen molar-refractivity contribution in [1.29, 1.82) is 0 Å². The Morgan fingerprint density at radius 2 is 1.88 bits per heavy atom. The Kier molecular flexibility index (Phi) is 7.48. The van der Waals surface area contributed by atoms with E-state index < -0.39 is 0 Å². The van der Waals surface area contributed by atoms with Crippen LogP contribution in [0.5, 0.6) is 11.5 Å². The molecule has 1 unspecified atom stereocenters. The molecule has 0 saturated carbocycles. The van der Waals surface area contributed by atoms with E-state index in [0.29, 0.717) is 25.4 Å². The Bertz CT molecular complexity index is 704. The van der Waals surface area contributed by atoms with E-state index in [0.717, 1.165) is 16.9 Å². The van der Waals surface area contributed by atoms with Gasteiger partial charge in [0.1, 0.15) is 0 Å². The van der Waals surface area contributed by atoms with Gasteiger partial charge < -0.3 is 14.8 Å². The zero-order valence-corrected chi connectivity index (χ0v) is 16.0. The van der Waals surface area contributed by atoms with Gasteiger partial charge in [0.05, 0.1) is 26.3 Å². The van der Waals surface area contributed by atoms with Gasteiger partial charge in [-0.15, -0.1) is 0 Å². The van der Waals surface area contributed by atoms with Gasteiger partial charge in [-0.1, -0.05) is 36.4 Å². The highest BCUT2D eigenvalue weighted by Gasteiger charge is 2.13. The number of carbonyl (C=O) groups is 1. The van der Waals surface area contributed by atoms with E-state index in [1.54, 1.807) is 7.11 Å². The van der Waals surface area contributed by atoms with Crippen molar-refractivity contribution in [3.05, 3.63) is 59.7 Å². The minimum atomic E-state index is -0.0114. The van der Waals surface area contributed by atoms with Gasteiger partial charge in [-0.3, -0.25) is 9.69 Å². The van der Waals surface area contributed by atoms with Crippen molar-refractivity contribution >= 4 is 5.91 Å². The van der Waals surface area contributed by atoms with Gasteiger partial charge in [0.2, 0.25) is 5.91 Å². The maximum absolute atomic E-state index is 12.3.